The normalized spacial score (nSPS) is 25.6. The number of benzene rings is 1. The Morgan fingerprint density at radius 2 is 1.86 bits per heavy atom. The molecule has 3 heteroatoms. The van der Waals surface area contributed by atoms with Gasteiger partial charge in [-0.05, 0) is 55.0 Å². The highest BCUT2D eigenvalue weighted by atomic mass is 16.5. The molecule has 0 saturated heterocycles. The van der Waals surface area contributed by atoms with Crippen LogP contribution < -0.4 is 4.74 Å². The van der Waals surface area contributed by atoms with Crippen LogP contribution in [0.25, 0.3) is 0 Å². The largest absolute Gasteiger partial charge is 0.490 e. The number of hydrogen-bond donors (Lipinski definition) is 1. The summed E-state index contributed by atoms with van der Waals surface area (Å²) in [7, 11) is 0. The molecule has 2 aliphatic carbocycles. The molecule has 110 valence electrons. The minimum atomic E-state index is -0.706. The predicted octanol–water partition coefficient (Wildman–Crippen LogP) is 4.03. The zero-order valence-electron chi connectivity index (χ0n) is 12.2. The molecule has 1 heterocycles. The van der Waals surface area contributed by atoms with E-state index in [0.717, 1.165) is 29.9 Å². The molecule has 2 aromatic rings. The Morgan fingerprint density at radius 1 is 1.14 bits per heavy atom. The van der Waals surface area contributed by atoms with Gasteiger partial charge in [0.1, 0.15) is 23.4 Å². The minimum absolute atomic E-state index is 0.397. The fourth-order valence-corrected chi connectivity index (χ4v) is 2.70. The van der Waals surface area contributed by atoms with Gasteiger partial charge in [-0.15, -0.1) is 0 Å². The van der Waals surface area contributed by atoms with Gasteiger partial charge >= 0.3 is 0 Å². The van der Waals surface area contributed by atoms with Crippen LogP contribution in [0.5, 0.6) is 5.75 Å². The molecular weight excluding hydrogens is 264 g/mol. The maximum absolute atomic E-state index is 10.4. The first-order valence-corrected chi connectivity index (χ1v) is 7.75. The summed E-state index contributed by atoms with van der Waals surface area (Å²) in [5.74, 6) is 3.76. The van der Waals surface area contributed by atoms with Gasteiger partial charge < -0.3 is 14.3 Å². The summed E-state index contributed by atoms with van der Waals surface area (Å²) in [6.45, 7) is 2.22. The highest BCUT2D eigenvalue weighted by molar-refractivity contribution is 5.32. The van der Waals surface area contributed by atoms with Crippen LogP contribution in [-0.4, -0.2) is 11.2 Å². The van der Waals surface area contributed by atoms with Gasteiger partial charge in [0.2, 0.25) is 0 Å². The van der Waals surface area contributed by atoms with E-state index < -0.39 is 6.10 Å². The Hall–Kier alpha value is -1.74. The smallest absolute Gasteiger partial charge is 0.137 e. The van der Waals surface area contributed by atoms with Crippen molar-refractivity contribution in [1.82, 2.24) is 0 Å². The lowest BCUT2D eigenvalue weighted by atomic mass is 10.1. The average Bonchev–Trinajstić information content (AvgIpc) is 3.40. The van der Waals surface area contributed by atoms with E-state index in [1.54, 1.807) is 0 Å². The van der Waals surface area contributed by atoms with Crippen molar-refractivity contribution in [3.8, 4) is 5.75 Å². The summed E-state index contributed by atoms with van der Waals surface area (Å²) in [5, 5.41) is 10.4. The second-order valence-corrected chi connectivity index (χ2v) is 6.35. The third-order valence-corrected chi connectivity index (χ3v) is 4.41. The second-order valence-electron chi connectivity index (χ2n) is 6.35. The van der Waals surface area contributed by atoms with Gasteiger partial charge in [0.15, 0.2) is 0 Å². The Balaban J connectivity index is 1.47. The molecule has 2 fully saturated rings. The first-order valence-electron chi connectivity index (χ1n) is 7.75. The van der Waals surface area contributed by atoms with Crippen LogP contribution in [0.2, 0.25) is 0 Å². The van der Waals surface area contributed by atoms with Gasteiger partial charge in [0.05, 0.1) is 6.10 Å². The second kappa shape index (κ2) is 4.92. The van der Waals surface area contributed by atoms with Gasteiger partial charge in [-0.3, -0.25) is 0 Å². The summed E-state index contributed by atoms with van der Waals surface area (Å²) in [4.78, 5) is 0. The number of aliphatic hydroxyl groups is 1. The fraction of sp³-hybridized carbons (Fsp3) is 0.444. The molecule has 3 nitrogen and oxygen atoms in total. The number of rotatable bonds is 5. The molecule has 1 N–H and O–H groups in total. The molecule has 0 radical (unpaired) electrons. The lowest BCUT2D eigenvalue weighted by Crippen LogP contribution is -1.99. The van der Waals surface area contributed by atoms with Crippen molar-refractivity contribution in [2.24, 2.45) is 5.92 Å². The molecule has 3 unspecified atom stereocenters. The standard InChI is InChI=1S/C18H20O3/c1-11-10-15(11)16-8-9-17(21-16)18(19)12-2-4-13(5-3-12)20-14-6-7-14/h2-5,8-9,11,14-15,18-19H,6-7,10H2,1H3. The topological polar surface area (TPSA) is 42.6 Å². The molecule has 0 bridgehead atoms. The van der Waals surface area contributed by atoms with Crippen LogP contribution in [0.1, 0.15) is 55.3 Å². The van der Waals surface area contributed by atoms with Crippen LogP contribution in [0.4, 0.5) is 0 Å². The van der Waals surface area contributed by atoms with Crippen molar-refractivity contribution in [2.45, 2.75) is 44.3 Å². The van der Waals surface area contributed by atoms with E-state index in [1.165, 1.54) is 6.42 Å². The summed E-state index contributed by atoms with van der Waals surface area (Å²) >= 11 is 0. The average molecular weight is 284 g/mol. The summed E-state index contributed by atoms with van der Waals surface area (Å²) in [6.07, 6.45) is 3.19. The van der Waals surface area contributed by atoms with E-state index in [2.05, 4.69) is 6.92 Å². The molecule has 1 aromatic heterocycles. The monoisotopic (exact) mass is 284 g/mol. The van der Waals surface area contributed by atoms with Gasteiger partial charge in [0.25, 0.3) is 0 Å². The van der Waals surface area contributed by atoms with Gasteiger partial charge in [-0.25, -0.2) is 0 Å². The Morgan fingerprint density at radius 3 is 2.48 bits per heavy atom. The van der Waals surface area contributed by atoms with Crippen LogP contribution in [0.3, 0.4) is 0 Å². The van der Waals surface area contributed by atoms with Crippen molar-refractivity contribution < 1.29 is 14.3 Å². The van der Waals surface area contributed by atoms with Gasteiger partial charge in [0, 0.05) is 5.92 Å². The van der Waals surface area contributed by atoms with Crippen molar-refractivity contribution in [2.75, 3.05) is 0 Å². The maximum Gasteiger partial charge on any atom is 0.137 e. The van der Waals surface area contributed by atoms with E-state index in [1.807, 2.05) is 36.4 Å². The lowest BCUT2D eigenvalue weighted by Gasteiger charge is -2.10. The summed E-state index contributed by atoms with van der Waals surface area (Å²) < 4.78 is 11.5. The van der Waals surface area contributed by atoms with Crippen LogP contribution in [0.15, 0.2) is 40.8 Å². The quantitative estimate of drug-likeness (QED) is 0.901. The van der Waals surface area contributed by atoms with Crippen molar-refractivity contribution in [3.05, 3.63) is 53.5 Å². The first kappa shape index (κ1) is 13.0. The third kappa shape index (κ3) is 2.70. The molecule has 21 heavy (non-hydrogen) atoms. The molecular formula is C18H20O3. The van der Waals surface area contributed by atoms with Gasteiger partial charge in [-0.1, -0.05) is 19.1 Å². The zero-order chi connectivity index (χ0) is 14.4. The number of hydrogen-bond acceptors (Lipinski definition) is 3. The SMILES string of the molecule is CC1CC1c1ccc(C(O)c2ccc(OC3CC3)cc2)o1. The van der Waals surface area contributed by atoms with E-state index in [9.17, 15) is 5.11 Å². The number of aliphatic hydroxyl groups excluding tert-OH is 1. The molecule has 2 saturated carbocycles. The highest BCUT2D eigenvalue weighted by Crippen LogP contribution is 2.47. The molecule has 3 atom stereocenters. The third-order valence-electron chi connectivity index (χ3n) is 4.41. The maximum atomic E-state index is 10.4. The predicted molar refractivity (Wildman–Crippen MR) is 79.4 cm³/mol. The molecule has 0 amide bonds. The molecule has 2 aliphatic rings. The minimum Gasteiger partial charge on any atom is -0.490 e. The Kier molecular flexibility index (Phi) is 3.03. The van der Waals surface area contributed by atoms with Crippen LogP contribution >= 0.6 is 0 Å². The number of furan rings is 1. The fourth-order valence-electron chi connectivity index (χ4n) is 2.70. The van der Waals surface area contributed by atoms with E-state index in [-0.39, 0.29) is 0 Å². The van der Waals surface area contributed by atoms with Crippen molar-refractivity contribution in [1.29, 1.82) is 0 Å². The Labute approximate surface area is 124 Å². The molecule has 0 aliphatic heterocycles. The Bertz CT molecular complexity index is 624. The first-order chi connectivity index (χ1) is 10.2. The highest BCUT2D eigenvalue weighted by Gasteiger charge is 2.37. The van der Waals surface area contributed by atoms with Crippen molar-refractivity contribution in [3.63, 3.8) is 0 Å². The van der Waals surface area contributed by atoms with E-state index in [4.69, 9.17) is 9.15 Å². The summed E-state index contributed by atoms with van der Waals surface area (Å²) in [5.41, 5.74) is 0.836. The van der Waals surface area contributed by atoms with E-state index >= 15 is 0 Å². The zero-order valence-corrected chi connectivity index (χ0v) is 12.2. The van der Waals surface area contributed by atoms with E-state index in [0.29, 0.717) is 23.7 Å². The molecule has 4 rings (SSSR count). The number of ether oxygens (including phenoxy) is 1. The summed E-state index contributed by atoms with van der Waals surface area (Å²) in [6, 6.07) is 11.5. The molecule has 0 spiro atoms. The molecule has 1 aromatic carbocycles. The lowest BCUT2D eigenvalue weighted by molar-refractivity contribution is 0.186. The van der Waals surface area contributed by atoms with Crippen LogP contribution in [-0.2, 0) is 0 Å². The van der Waals surface area contributed by atoms with Crippen LogP contribution in [0, 0.1) is 5.92 Å². The van der Waals surface area contributed by atoms with Gasteiger partial charge in [-0.2, -0.15) is 0 Å². The van der Waals surface area contributed by atoms with Crippen molar-refractivity contribution >= 4 is 0 Å².